The number of para-hydroxylation sites is 3. The molecule has 0 bridgehead atoms. The number of furan rings is 1. The number of hydrogen-bond donors (Lipinski definition) is 0. The molecule has 0 saturated heterocycles. The Morgan fingerprint density at radius 2 is 0.875 bits per heavy atom. The largest absolute Gasteiger partial charge is 0.455 e. The SMILES string of the molecule is c1ccc(-c2nc(-c3ccccc3)nc(-c3c(-c4ccc5ccc6ccccc6c5c4)cccc3-c3cc(-n4c5ccccc5c5ccccc54)cc4c3oc3ccccc34)n2)cc1. The predicted molar refractivity (Wildman–Crippen MR) is 264 cm³/mol. The Labute approximate surface area is 368 Å². The molecule has 0 amide bonds. The minimum atomic E-state index is 0.572. The first-order valence-electron chi connectivity index (χ1n) is 21.6. The van der Waals surface area contributed by atoms with Crippen LogP contribution in [0.1, 0.15) is 0 Å². The zero-order valence-corrected chi connectivity index (χ0v) is 34.5. The lowest BCUT2D eigenvalue weighted by Crippen LogP contribution is -2.03. The van der Waals surface area contributed by atoms with E-state index in [1.165, 1.54) is 32.3 Å². The van der Waals surface area contributed by atoms with Gasteiger partial charge in [-0.1, -0.05) is 182 Å². The monoisotopic (exact) mass is 816 g/mol. The first-order valence-corrected chi connectivity index (χ1v) is 21.6. The van der Waals surface area contributed by atoms with E-state index in [1.54, 1.807) is 0 Å². The van der Waals surface area contributed by atoms with Crippen LogP contribution in [0.3, 0.4) is 0 Å². The molecule has 298 valence electrons. The third-order valence-electron chi connectivity index (χ3n) is 12.6. The van der Waals surface area contributed by atoms with E-state index in [9.17, 15) is 0 Å². The smallest absolute Gasteiger partial charge is 0.165 e. The van der Waals surface area contributed by atoms with Crippen LogP contribution in [0.5, 0.6) is 0 Å². The van der Waals surface area contributed by atoms with Gasteiger partial charge in [-0.2, -0.15) is 0 Å². The molecule has 0 aliphatic heterocycles. The fourth-order valence-electron chi connectivity index (χ4n) is 9.69. The average Bonchev–Trinajstić information content (AvgIpc) is 3.92. The highest BCUT2D eigenvalue weighted by Crippen LogP contribution is 2.46. The predicted octanol–water partition coefficient (Wildman–Crippen LogP) is 15.5. The second-order valence-corrected chi connectivity index (χ2v) is 16.3. The molecule has 13 rings (SSSR count). The fourth-order valence-corrected chi connectivity index (χ4v) is 9.69. The van der Waals surface area contributed by atoms with Crippen molar-refractivity contribution < 1.29 is 4.42 Å². The highest BCUT2D eigenvalue weighted by atomic mass is 16.3. The lowest BCUT2D eigenvalue weighted by atomic mass is 9.89. The Morgan fingerprint density at radius 1 is 0.328 bits per heavy atom. The average molecular weight is 817 g/mol. The highest BCUT2D eigenvalue weighted by molar-refractivity contribution is 6.15. The quantitative estimate of drug-likeness (QED) is 0.157. The molecule has 13 aromatic rings. The third kappa shape index (κ3) is 5.75. The normalized spacial score (nSPS) is 11.8. The minimum Gasteiger partial charge on any atom is -0.455 e. The zero-order valence-electron chi connectivity index (χ0n) is 34.5. The molecular formula is C59H36N4O. The molecule has 0 aliphatic rings. The summed E-state index contributed by atoms with van der Waals surface area (Å²) in [5.41, 5.74) is 11.6. The van der Waals surface area contributed by atoms with Gasteiger partial charge in [0.2, 0.25) is 0 Å². The topological polar surface area (TPSA) is 56.7 Å². The van der Waals surface area contributed by atoms with Crippen LogP contribution >= 0.6 is 0 Å². The van der Waals surface area contributed by atoms with E-state index in [0.29, 0.717) is 17.5 Å². The molecule has 0 fully saturated rings. The first-order chi connectivity index (χ1) is 31.7. The molecule has 0 radical (unpaired) electrons. The number of nitrogens with zero attached hydrogens (tertiary/aromatic N) is 4. The van der Waals surface area contributed by atoms with E-state index in [2.05, 4.69) is 180 Å². The van der Waals surface area contributed by atoms with Crippen molar-refractivity contribution in [2.45, 2.75) is 0 Å². The Bertz CT molecular complexity index is 3850. The van der Waals surface area contributed by atoms with Gasteiger partial charge in [0.15, 0.2) is 17.5 Å². The lowest BCUT2D eigenvalue weighted by Gasteiger charge is -2.18. The van der Waals surface area contributed by atoms with Crippen molar-refractivity contribution in [2.75, 3.05) is 0 Å². The first kappa shape index (κ1) is 36.0. The van der Waals surface area contributed by atoms with E-state index >= 15 is 0 Å². The van der Waals surface area contributed by atoms with Gasteiger partial charge in [-0.25, -0.2) is 15.0 Å². The Hall–Kier alpha value is -8.67. The number of rotatable bonds is 6. The number of benzene rings is 10. The molecular weight excluding hydrogens is 781 g/mol. The molecule has 0 aliphatic carbocycles. The molecule has 0 N–H and O–H groups in total. The molecule has 5 heteroatoms. The minimum absolute atomic E-state index is 0.572. The Morgan fingerprint density at radius 3 is 1.58 bits per heavy atom. The van der Waals surface area contributed by atoms with Crippen LogP contribution in [0.4, 0.5) is 0 Å². The highest BCUT2D eigenvalue weighted by Gasteiger charge is 2.25. The van der Waals surface area contributed by atoms with Crippen molar-refractivity contribution in [1.29, 1.82) is 0 Å². The maximum absolute atomic E-state index is 6.95. The van der Waals surface area contributed by atoms with Gasteiger partial charge in [0.05, 0.1) is 11.0 Å². The summed E-state index contributed by atoms with van der Waals surface area (Å²) in [4.78, 5) is 15.9. The van der Waals surface area contributed by atoms with Gasteiger partial charge in [0.25, 0.3) is 0 Å². The number of aromatic nitrogens is 4. The van der Waals surface area contributed by atoms with E-state index < -0.39 is 0 Å². The van der Waals surface area contributed by atoms with Crippen LogP contribution in [0.2, 0.25) is 0 Å². The van der Waals surface area contributed by atoms with Crippen molar-refractivity contribution in [2.24, 2.45) is 0 Å². The van der Waals surface area contributed by atoms with Crippen LogP contribution in [-0.2, 0) is 0 Å². The van der Waals surface area contributed by atoms with Crippen molar-refractivity contribution in [1.82, 2.24) is 19.5 Å². The van der Waals surface area contributed by atoms with Crippen LogP contribution in [0.15, 0.2) is 223 Å². The van der Waals surface area contributed by atoms with Gasteiger partial charge in [0.1, 0.15) is 11.2 Å². The van der Waals surface area contributed by atoms with Crippen molar-refractivity contribution in [3.63, 3.8) is 0 Å². The van der Waals surface area contributed by atoms with Crippen molar-refractivity contribution in [3.8, 4) is 62.1 Å². The Kier molecular flexibility index (Phi) is 8.15. The van der Waals surface area contributed by atoms with Crippen molar-refractivity contribution in [3.05, 3.63) is 218 Å². The maximum atomic E-state index is 6.95. The van der Waals surface area contributed by atoms with E-state index in [4.69, 9.17) is 19.4 Å². The fraction of sp³-hybridized carbons (Fsp3) is 0. The molecule has 3 heterocycles. The van der Waals surface area contributed by atoms with Gasteiger partial charge < -0.3 is 8.98 Å². The molecule has 5 nitrogen and oxygen atoms in total. The van der Waals surface area contributed by atoms with Crippen LogP contribution in [0, 0.1) is 0 Å². The summed E-state index contributed by atoms with van der Waals surface area (Å²) in [6, 6.07) is 76.9. The van der Waals surface area contributed by atoms with Gasteiger partial charge in [-0.15, -0.1) is 0 Å². The van der Waals surface area contributed by atoms with Crippen LogP contribution < -0.4 is 0 Å². The molecule has 10 aromatic carbocycles. The summed E-state index contributed by atoms with van der Waals surface area (Å²) in [5, 5.41) is 9.27. The van der Waals surface area contributed by atoms with Gasteiger partial charge in [0, 0.05) is 49.5 Å². The second-order valence-electron chi connectivity index (χ2n) is 16.3. The molecule has 3 aromatic heterocycles. The summed E-state index contributed by atoms with van der Waals surface area (Å²) in [5.74, 6) is 1.77. The van der Waals surface area contributed by atoms with Crippen LogP contribution in [-0.4, -0.2) is 19.5 Å². The molecule has 0 atom stereocenters. The van der Waals surface area contributed by atoms with E-state index in [-0.39, 0.29) is 0 Å². The van der Waals surface area contributed by atoms with E-state index in [1.807, 2.05) is 42.5 Å². The third-order valence-corrected chi connectivity index (χ3v) is 12.6. The summed E-state index contributed by atoms with van der Waals surface area (Å²) in [7, 11) is 0. The molecule has 64 heavy (non-hydrogen) atoms. The summed E-state index contributed by atoms with van der Waals surface area (Å²) >= 11 is 0. The molecule has 0 unspecified atom stereocenters. The van der Waals surface area contributed by atoms with Gasteiger partial charge >= 0.3 is 0 Å². The number of hydrogen-bond acceptors (Lipinski definition) is 4. The Balaban J connectivity index is 1.16. The lowest BCUT2D eigenvalue weighted by molar-refractivity contribution is 0.670. The molecule has 0 spiro atoms. The zero-order chi connectivity index (χ0) is 42.1. The van der Waals surface area contributed by atoms with Crippen molar-refractivity contribution >= 4 is 65.3 Å². The van der Waals surface area contributed by atoms with Gasteiger partial charge in [-0.3, -0.25) is 0 Å². The number of fused-ring (bicyclic) bond motifs is 9. The van der Waals surface area contributed by atoms with Crippen LogP contribution in [0.25, 0.3) is 127 Å². The second kappa shape index (κ2) is 14.5. The summed E-state index contributed by atoms with van der Waals surface area (Å²) < 4.78 is 9.34. The summed E-state index contributed by atoms with van der Waals surface area (Å²) in [6.45, 7) is 0. The summed E-state index contributed by atoms with van der Waals surface area (Å²) in [6.07, 6.45) is 0. The van der Waals surface area contributed by atoms with E-state index in [0.717, 1.165) is 77.6 Å². The molecule has 0 saturated carbocycles. The maximum Gasteiger partial charge on any atom is 0.165 e. The van der Waals surface area contributed by atoms with Gasteiger partial charge in [-0.05, 0) is 74.6 Å². The standard InChI is InChI=1S/C59H36N4O/c1-3-17-39(18-4-1)57-60-58(40-19-5-2-6-20-40)62-59(61-57)55-44(41-33-32-38-31-30-37-16-7-8-21-43(37)49(38)34-41)25-15-26-48(55)51-36-42(35-50-47-24-11-14-29-54(47)64-56(50)51)63-52-27-12-9-22-45(52)46-23-10-13-28-53(46)63/h1-36H.